The lowest BCUT2D eigenvalue weighted by Gasteiger charge is -2.25. The quantitative estimate of drug-likeness (QED) is 0.803. The number of aliphatic carboxylic acids is 1. The maximum absolute atomic E-state index is 13.5. The smallest absolute Gasteiger partial charge is 0.410 e. The van der Waals surface area contributed by atoms with E-state index in [1.54, 1.807) is 31.7 Å². The molecule has 0 saturated carbocycles. The van der Waals surface area contributed by atoms with E-state index in [0.29, 0.717) is 29.5 Å². The molecule has 0 spiro atoms. The number of likely N-dealkylation sites (tertiary alicyclic amines) is 1. The Morgan fingerprint density at radius 1 is 1.40 bits per heavy atom. The topological polar surface area (TPSA) is 66.8 Å². The average molecular weight is 416 g/mol. The van der Waals surface area contributed by atoms with Crippen LogP contribution in [0.25, 0.3) is 0 Å². The van der Waals surface area contributed by atoms with Crippen LogP contribution < -0.4 is 0 Å². The molecule has 1 amide bonds. The Bertz CT molecular complexity index is 639. The van der Waals surface area contributed by atoms with Crippen LogP contribution in [0, 0.1) is 17.7 Å². The summed E-state index contributed by atoms with van der Waals surface area (Å²) in [6.45, 7) is 6.18. The van der Waals surface area contributed by atoms with Crippen LogP contribution in [-0.4, -0.2) is 40.8 Å². The van der Waals surface area contributed by atoms with Gasteiger partial charge in [0.25, 0.3) is 0 Å². The van der Waals surface area contributed by atoms with E-state index in [9.17, 15) is 19.1 Å². The van der Waals surface area contributed by atoms with E-state index in [4.69, 9.17) is 4.74 Å². The van der Waals surface area contributed by atoms with E-state index in [-0.39, 0.29) is 12.3 Å². The molecule has 1 aromatic carbocycles. The van der Waals surface area contributed by atoms with Crippen LogP contribution in [-0.2, 0) is 16.0 Å². The van der Waals surface area contributed by atoms with Crippen LogP contribution in [0.4, 0.5) is 9.18 Å². The van der Waals surface area contributed by atoms with Gasteiger partial charge in [0.1, 0.15) is 11.4 Å². The lowest BCUT2D eigenvalue weighted by Crippen LogP contribution is -2.36. The number of carboxylic acid groups (broad SMARTS) is 1. The fraction of sp³-hybridized carbons (Fsp3) is 0.556. The number of carbonyl (C=O) groups is 2. The second-order valence-corrected chi connectivity index (χ2v) is 8.32. The number of nitrogens with zero attached hydrogens (tertiary/aromatic N) is 1. The largest absolute Gasteiger partial charge is 0.481 e. The molecular weight excluding hydrogens is 393 g/mol. The highest BCUT2D eigenvalue weighted by molar-refractivity contribution is 9.10. The maximum atomic E-state index is 13.5. The zero-order valence-electron chi connectivity index (χ0n) is 14.6. The van der Waals surface area contributed by atoms with Gasteiger partial charge in [0.2, 0.25) is 0 Å². The number of benzene rings is 1. The Morgan fingerprint density at radius 2 is 2.08 bits per heavy atom. The summed E-state index contributed by atoms with van der Waals surface area (Å²) < 4.78 is 19.5. The van der Waals surface area contributed by atoms with Gasteiger partial charge in [0.05, 0.1) is 5.92 Å². The fourth-order valence-corrected chi connectivity index (χ4v) is 3.56. The third-order valence-corrected chi connectivity index (χ3v) is 4.60. The summed E-state index contributed by atoms with van der Waals surface area (Å²) in [5.74, 6) is -2.21. The Hall–Kier alpha value is -1.63. The third kappa shape index (κ3) is 5.70. The van der Waals surface area contributed by atoms with Crippen molar-refractivity contribution in [3.05, 3.63) is 34.1 Å². The molecule has 2 atom stereocenters. The van der Waals surface area contributed by atoms with Crippen LogP contribution in [0.1, 0.15) is 32.8 Å². The van der Waals surface area contributed by atoms with Gasteiger partial charge >= 0.3 is 12.1 Å². The first-order valence-electron chi connectivity index (χ1n) is 8.21. The fourth-order valence-electron chi connectivity index (χ4n) is 3.05. The lowest BCUT2D eigenvalue weighted by atomic mass is 9.86. The number of carbonyl (C=O) groups excluding carboxylic acids is 1. The van der Waals surface area contributed by atoms with Crippen molar-refractivity contribution < 1.29 is 23.8 Å². The molecule has 1 aliphatic rings. The van der Waals surface area contributed by atoms with Gasteiger partial charge in [0, 0.05) is 17.6 Å². The second-order valence-electron chi connectivity index (χ2n) is 7.40. The first-order chi connectivity index (χ1) is 11.5. The van der Waals surface area contributed by atoms with E-state index in [1.807, 2.05) is 0 Å². The minimum Gasteiger partial charge on any atom is -0.481 e. The first-order valence-corrected chi connectivity index (χ1v) is 9.00. The first kappa shape index (κ1) is 19.7. The molecule has 1 saturated heterocycles. The van der Waals surface area contributed by atoms with Gasteiger partial charge in [0.15, 0.2) is 0 Å². The number of rotatable bonds is 4. The summed E-state index contributed by atoms with van der Waals surface area (Å²) in [4.78, 5) is 25.4. The molecule has 1 aromatic rings. The number of hydrogen-bond acceptors (Lipinski definition) is 3. The predicted octanol–water partition coefficient (Wildman–Crippen LogP) is 4.09. The van der Waals surface area contributed by atoms with E-state index < -0.39 is 29.4 Å². The molecule has 5 nitrogen and oxygen atoms in total. The SMILES string of the molecule is CC(C)(C)OC(=O)N1CC[C@H]([C@H](Cc2cc(F)cc(Br)c2)C(=O)O)C1. The molecule has 138 valence electrons. The van der Waals surface area contributed by atoms with Gasteiger partial charge in [-0.1, -0.05) is 15.9 Å². The van der Waals surface area contributed by atoms with Crippen LogP contribution in [0.15, 0.2) is 22.7 Å². The highest BCUT2D eigenvalue weighted by Gasteiger charge is 2.37. The van der Waals surface area contributed by atoms with Crippen molar-refractivity contribution in [1.29, 1.82) is 0 Å². The second kappa shape index (κ2) is 7.72. The van der Waals surface area contributed by atoms with Crippen LogP contribution >= 0.6 is 15.9 Å². The van der Waals surface area contributed by atoms with Gasteiger partial charge in [-0.15, -0.1) is 0 Å². The van der Waals surface area contributed by atoms with Crippen molar-refractivity contribution in [1.82, 2.24) is 4.90 Å². The summed E-state index contributed by atoms with van der Waals surface area (Å²) in [5.41, 5.74) is 0.0323. The highest BCUT2D eigenvalue weighted by Crippen LogP contribution is 2.29. The van der Waals surface area contributed by atoms with Gasteiger partial charge in [-0.3, -0.25) is 4.79 Å². The van der Waals surface area contributed by atoms with Crippen molar-refractivity contribution in [3.63, 3.8) is 0 Å². The summed E-state index contributed by atoms with van der Waals surface area (Å²) in [7, 11) is 0. The molecule has 25 heavy (non-hydrogen) atoms. The van der Waals surface area contributed by atoms with E-state index in [2.05, 4.69) is 15.9 Å². The standard InChI is InChI=1S/C18H23BrFNO4/c1-18(2,3)25-17(24)21-5-4-12(10-21)15(16(22)23)8-11-6-13(19)9-14(20)7-11/h6-7,9,12,15H,4-5,8,10H2,1-3H3,(H,22,23)/t12-,15-/m0/s1. The third-order valence-electron chi connectivity index (χ3n) is 4.14. The molecule has 1 aliphatic heterocycles. The highest BCUT2D eigenvalue weighted by atomic mass is 79.9. The number of ether oxygens (including phenoxy) is 1. The molecule has 0 radical (unpaired) electrons. The summed E-state index contributed by atoms with van der Waals surface area (Å²) in [6.07, 6.45) is 0.387. The monoisotopic (exact) mass is 415 g/mol. The average Bonchev–Trinajstić information content (AvgIpc) is 2.91. The number of carboxylic acids is 1. The molecule has 0 unspecified atom stereocenters. The molecule has 1 heterocycles. The number of halogens is 2. The zero-order chi connectivity index (χ0) is 18.8. The Balaban J connectivity index is 2.06. The summed E-state index contributed by atoms with van der Waals surface area (Å²) in [5, 5.41) is 9.60. The molecular formula is C18H23BrFNO4. The summed E-state index contributed by atoms with van der Waals surface area (Å²) in [6, 6.07) is 4.40. The van der Waals surface area contributed by atoms with Gasteiger partial charge < -0.3 is 14.7 Å². The molecule has 1 fully saturated rings. The molecule has 1 N–H and O–H groups in total. The molecule has 0 bridgehead atoms. The van der Waals surface area contributed by atoms with Crippen molar-refractivity contribution >= 4 is 28.0 Å². The van der Waals surface area contributed by atoms with E-state index in [1.165, 1.54) is 12.1 Å². The lowest BCUT2D eigenvalue weighted by molar-refractivity contribution is -0.143. The van der Waals surface area contributed by atoms with Crippen LogP contribution in [0.3, 0.4) is 0 Å². The minimum atomic E-state index is -0.934. The zero-order valence-corrected chi connectivity index (χ0v) is 16.2. The van der Waals surface area contributed by atoms with Crippen molar-refractivity contribution in [2.24, 2.45) is 11.8 Å². The molecule has 0 aliphatic carbocycles. The molecule has 7 heteroatoms. The van der Waals surface area contributed by atoms with Gasteiger partial charge in [-0.2, -0.15) is 0 Å². The predicted molar refractivity (Wildman–Crippen MR) is 94.8 cm³/mol. The van der Waals surface area contributed by atoms with Crippen molar-refractivity contribution in [3.8, 4) is 0 Å². The van der Waals surface area contributed by atoms with Crippen molar-refractivity contribution in [2.45, 2.75) is 39.2 Å². The van der Waals surface area contributed by atoms with Gasteiger partial charge in [-0.25, -0.2) is 9.18 Å². The molecule has 2 rings (SSSR count). The summed E-state index contributed by atoms with van der Waals surface area (Å²) >= 11 is 3.22. The van der Waals surface area contributed by atoms with Crippen molar-refractivity contribution in [2.75, 3.05) is 13.1 Å². The van der Waals surface area contributed by atoms with Crippen LogP contribution in [0.2, 0.25) is 0 Å². The van der Waals surface area contributed by atoms with Gasteiger partial charge in [-0.05, 0) is 63.3 Å². The normalized spacial score (nSPS) is 18.9. The molecule has 0 aromatic heterocycles. The van der Waals surface area contributed by atoms with E-state index >= 15 is 0 Å². The van der Waals surface area contributed by atoms with Crippen LogP contribution in [0.5, 0.6) is 0 Å². The number of amides is 1. The maximum Gasteiger partial charge on any atom is 0.410 e. The number of hydrogen-bond donors (Lipinski definition) is 1. The Morgan fingerprint density at radius 3 is 2.64 bits per heavy atom. The minimum absolute atomic E-state index is 0.188. The Labute approximate surface area is 155 Å². The van der Waals surface area contributed by atoms with E-state index in [0.717, 1.165) is 0 Å². The Kier molecular flexibility index (Phi) is 6.08.